The van der Waals surface area contributed by atoms with Gasteiger partial charge in [0.05, 0.1) is 6.10 Å². The second kappa shape index (κ2) is 4.65. The van der Waals surface area contributed by atoms with Gasteiger partial charge < -0.3 is 15.4 Å². The van der Waals surface area contributed by atoms with Crippen LogP contribution in [0.5, 0.6) is 0 Å². The summed E-state index contributed by atoms with van der Waals surface area (Å²) < 4.78 is 5.35. The zero-order valence-electron chi connectivity index (χ0n) is 9.81. The number of anilines is 2. The molecule has 16 heavy (non-hydrogen) atoms. The van der Waals surface area contributed by atoms with Crippen LogP contribution in [0.15, 0.2) is 6.20 Å². The fraction of sp³-hybridized carbons (Fsp3) is 0.636. The van der Waals surface area contributed by atoms with Crippen LogP contribution in [0.3, 0.4) is 0 Å². The Balaban J connectivity index is 2.10. The van der Waals surface area contributed by atoms with Crippen molar-refractivity contribution in [2.45, 2.75) is 25.9 Å². The molecule has 1 fully saturated rings. The number of methoxy groups -OCH3 is 1. The fourth-order valence-electron chi connectivity index (χ4n) is 2.07. The Bertz CT molecular complexity index is 361. The Labute approximate surface area is 95.6 Å². The van der Waals surface area contributed by atoms with Crippen molar-refractivity contribution in [1.29, 1.82) is 0 Å². The van der Waals surface area contributed by atoms with E-state index in [1.807, 2.05) is 6.92 Å². The van der Waals surface area contributed by atoms with Crippen molar-refractivity contribution in [1.82, 2.24) is 9.97 Å². The molecule has 1 aromatic heterocycles. The lowest BCUT2D eigenvalue weighted by atomic mass is 10.1. The highest BCUT2D eigenvalue weighted by atomic mass is 16.5. The van der Waals surface area contributed by atoms with Crippen LogP contribution in [-0.4, -0.2) is 36.3 Å². The summed E-state index contributed by atoms with van der Waals surface area (Å²) in [6.45, 7) is 3.95. The van der Waals surface area contributed by atoms with Crippen LogP contribution in [-0.2, 0) is 4.74 Å². The molecule has 5 heteroatoms. The van der Waals surface area contributed by atoms with Crippen molar-refractivity contribution in [2.75, 3.05) is 30.8 Å². The predicted molar refractivity (Wildman–Crippen MR) is 63.4 cm³/mol. The maximum Gasteiger partial charge on any atom is 0.221 e. The van der Waals surface area contributed by atoms with Gasteiger partial charge in [0, 0.05) is 32.0 Å². The summed E-state index contributed by atoms with van der Waals surface area (Å²) in [5.41, 5.74) is 6.69. The van der Waals surface area contributed by atoms with E-state index in [1.165, 1.54) is 0 Å². The molecule has 2 rings (SSSR count). The van der Waals surface area contributed by atoms with Crippen molar-refractivity contribution in [3.8, 4) is 0 Å². The van der Waals surface area contributed by atoms with Gasteiger partial charge >= 0.3 is 0 Å². The van der Waals surface area contributed by atoms with Gasteiger partial charge in [0.25, 0.3) is 0 Å². The zero-order chi connectivity index (χ0) is 11.5. The van der Waals surface area contributed by atoms with Gasteiger partial charge in [0.1, 0.15) is 5.82 Å². The minimum absolute atomic E-state index is 0.342. The molecule has 0 saturated carbocycles. The minimum atomic E-state index is 0.342. The molecule has 2 heterocycles. The summed E-state index contributed by atoms with van der Waals surface area (Å²) >= 11 is 0. The third-order valence-electron chi connectivity index (χ3n) is 3.04. The molecular formula is C11H18N4O. The summed E-state index contributed by atoms with van der Waals surface area (Å²) in [6.07, 6.45) is 4.25. The Morgan fingerprint density at radius 3 is 2.75 bits per heavy atom. The minimum Gasteiger partial charge on any atom is -0.381 e. The van der Waals surface area contributed by atoms with E-state index < -0.39 is 0 Å². The van der Waals surface area contributed by atoms with Crippen LogP contribution >= 0.6 is 0 Å². The molecule has 1 saturated heterocycles. The third kappa shape index (κ3) is 2.24. The van der Waals surface area contributed by atoms with Crippen molar-refractivity contribution in [3.63, 3.8) is 0 Å². The van der Waals surface area contributed by atoms with Gasteiger partial charge in [-0.2, -0.15) is 4.98 Å². The van der Waals surface area contributed by atoms with Crippen LogP contribution < -0.4 is 10.6 Å². The average molecular weight is 222 g/mol. The van der Waals surface area contributed by atoms with E-state index in [0.717, 1.165) is 37.3 Å². The first-order valence-corrected chi connectivity index (χ1v) is 5.57. The van der Waals surface area contributed by atoms with Gasteiger partial charge in [-0.1, -0.05) is 0 Å². The number of nitrogen functional groups attached to an aromatic ring is 1. The summed E-state index contributed by atoms with van der Waals surface area (Å²) in [5.74, 6) is 1.30. The molecule has 5 nitrogen and oxygen atoms in total. The van der Waals surface area contributed by atoms with Crippen molar-refractivity contribution in [2.24, 2.45) is 0 Å². The molecule has 1 aromatic rings. The summed E-state index contributed by atoms with van der Waals surface area (Å²) in [7, 11) is 1.77. The van der Waals surface area contributed by atoms with Crippen molar-refractivity contribution >= 4 is 11.8 Å². The van der Waals surface area contributed by atoms with E-state index >= 15 is 0 Å². The van der Waals surface area contributed by atoms with Crippen LogP contribution in [0.1, 0.15) is 18.4 Å². The van der Waals surface area contributed by atoms with E-state index in [0.29, 0.717) is 12.1 Å². The van der Waals surface area contributed by atoms with Crippen molar-refractivity contribution in [3.05, 3.63) is 11.8 Å². The van der Waals surface area contributed by atoms with Crippen LogP contribution in [0.4, 0.5) is 11.8 Å². The normalized spacial score (nSPS) is 17.8. The zero-order valence-corrected chi connectivity index (χ0v) is 9.81. The molecule has 0 aromatic carbocycles. The lowest BCUT2D eigenvalue weighted by molar-refractivity contribution is 0.0818. The number of aromatic nitrogens is 2. The number of rotatable bonds is 2. The molecule has 0 aliphatic carbocycles. The van der Waals surface area contributed by atoms with Crippen LogP contribution in [0.25, 0.3) is 0 Å². The number of nitrogens with zero attached hydrogens (tertiary/aromatic N) is 3. The number of nitrogens with two attached hydrogens (primary N) is 1. The fourth-order valence-corrected chi connectivity index (χ4v) is 2.07. The maximum atomic E-state index is 5.61. The molecule has 1 aliphatic rings. The lowest BCUT2D eigenvalue weighted by Gasteiger charge is -2.32. The Kier molecular flexibility index (Phi) is 3.24. The first kappa shape index (κ1) is 11.1. The van der Waals surface area contributed by atoms with Gasteiger partial charge in [-0.05, 0) is 19.8 Å². The highest BCUT2D eigenvalue weighted by molar-refractivity contribution is 5.48. The average Bonchev–Trinajstić information content (AvgIpc) is 2.32. The molecule has 0 bridgehead atoms. The number of hydrogen-bond donors (Lipinski definition) is 1. The SMILES string of the molecule is COC1CCN(c2nc(N)ncc2C)CC1. The Hall–Kier alpha value is -1.36. The summed E-state index contributed by atoms with van der Waals surface area (Å²) in [5, 5.41) is 0. The second-order valence-corrected chi connectivity index (χ2v) is 4.16. The molecule has 0 unspecified atom stereocenters. The molecule has 0 amide bonds. The van der Waals surface area contributed by atoms with E-state index in [9.17, 15) is 0 Å². The Morgan fingerprint density at radius 2 is 2.12 bits per heavy atom. The van der Waals surface area contributed by atoms with Gasteiger partial charge in [0.2, 0.25) is 5.95 Å². The number of piperidine rings is 1. The molecule has 2 N–H and O–H groups in total. The maximum absolute atomic E-state index is 5.61. The van der Waals surface area contributed by atoms with E-state index in [4.69, 9.17) is 10.5 Å². The molecular weight excluding hydrogens is 204 g/mol. The van der Waals surface area contributed by atoms with Crippen molar-refractivity contribution < 1.29 is 4.74 Å². The largest absolute Gasteiger partial charge is 0.381 e. The van der Waals surface area contributed by atoms with Crippen LogP contribution in [0, 0.1) is 6.92 Å². The first-order valence-electron chi connectivity index (χ1n) is 5.57. The molecule has 88 valence electrons. The predicted octanol–water partition coefficient (Wildman–Crippen LogP) is 0.982. The van der Waals surface area contributed by atoms with E-state index in [2.05, 4.69) is 14.9 Å². The first-order chi connectivity index (χ1) is 7.70. The molecule has 0 radical (unpaired) electrons. The third-order valence-corrected chi connectivity index (χ3v) is 3.04. The monoisotopic (exact) mass is 222 g/mol. The molecule has 0 atom stereocenters. The van der Waals surface area contributed by atoms with E-state index in [-0.39, 0.29) is 0 Å². The van der Waals surface area contributed by atoms with Gasteiger partial charge in [0.15, 0.2) is 0 Å². The van der Waals surface area contributed by atoms with Gasteiger partial charge in [-0.15, -0.1) is 0 Å². The lowest BCUT2D eigenvalue weighted by Crippen LogP contribution is -2.37. The quantitative estimate of drug-likeness (QED) is 0.808. The van der Waals surface area contributed by atoms with E-state index in [1.54, 1.807) is 13.3 Å². The van der Waals surface area contributed by atoms with Gasteiger partial charge in [-0.25, -0.2) is 4.98 Å². The highest BCUT2D eigenvalue weighted by Gasteiger charge is 2.21. The highest BCUT2D eigenvalue weighted by Crippen LogP contribution is 2.22. The second-order valence-electron chi connectivity index (χ2n) is 4.16. The van der Waals surface area contributed by atoms with Crippen LogP contribution in [0.2, 0.25) is 0 Å². The number of ether oxygens (including phenoxy) is 1. The number of hydrogen-bond acceptors (Lipinski definition) is 5. The molecule has 0 spiro atoms. The summed E-state index contributed by atoms with van der Waals surface area (Å²) in [4.78, 5) is 10.5. The standard InChI is InChI=1S/C11H18N4O/c1-8-7-13-11(12)14-10(8)15-5-3-9(16-2)4-6-15/h7,9H,3-6H2,1-2H3,(H2,12,13,14). The smallest absolute Gasteiger partial charge is 0.221 e. The molecule has 1 aliphatic heterocycles. The Morgan fingerprint density at radius 1 is 1.44 bits per heavy atom. The summed E-state index contributed by atoms with van der Waals surface area (Å²) in [6, 6.07) is 0. The number of aryl methyl sites for hydroxylation is 1. The van der Waals surface area contributed by atoms with Gasteiger partial charge in [-0.3, -0.25) is 0 Å². The topological polar surface area (TPSA) is 64.3 Å².